The lowest BCUT2D eigenvalue weighted by Gasteiger charge is -2.24. The van der Waals surface area contributed by atoms with E-state index in [0.29, 0.717) is 17.5 Å². The van der Waals surface area contributed by atoms with Crippen molar-refractivity contribution in [2.75, 3.05) is 0 Å². The van der Waals surface area contributed by atoms with Gasteiger partial charge in [-0.2, -0.15) is 0 Å². The average molecular weight is 434 g/mol. The van der Waals surface area contributed by atoms with Crippen LogP contribution in [0.4, 0.5) is 0 Å². The highest BCUT2D eigenvalue weighted by Crippen LogP contribution is 2.11. The van der Waals surface area contributed by atoms with Crippen LogP contribution < -0.4 is 10.6 Å². The van der Waals surface area contributed by atoms with Gasteiger partial charge in [0.05, 0.1) is 23.2 Å². The lowest BCUT2D eigenvalue weighted by molar-refractivity contribution is -0.123. The fraction of sp³-hybridized carbons (Fsp3) is 0.304. The zero-order valence-electron chi connectivity index (χ0n) is 18.1. The summed E-state index contributed by atoms with van der Waals surface area (Å²) in [6.07, 6.45) is 1.98. The molecule has 0 aliphatic rings. The molecule has 32 heavy (non-hydrogen) atoms. The molecule has 0 unspecified atom stereocenters. The Bertz CT molecular complexity index is 1060. The Morgan fingerprint density at radius 2 is 1.62 bits per heavy atom. The van der Waals surface area contributed by atoms with E-state index in [9.17, 15) is 19.6 Å². The summed E-state index contributed by atoms with van der Waals surface area (Å²) in [5.74, 6) is -1.76. The highest BCUT2D eigenvalue weighted by Gasteiger charge is 2.30. The number of hydrogen-bond acceptors (Lipinski definition) is 6. The van der Waals surface area contributed by atoms with Crippen LogP contribution in [0.3, 0.4) is 0 Å². The summed E-state index contributed by atoms with van der Waals surface area (Å²) in [6, 6.07) is 15.5. The van der Waals surface area contributed by atoms with Gasteiger partial charge in [0.1, 0.15) is 11.7 Å². The monoisotopic (exact) mass is 434 g/mol. The van der Waals surface area contributed by atoms with Crippen LogP contribution in [0.2, 0.25) is 0 Å². The van der Waals surface area contributed by atoms with Gasteiger partial charge < -0.3 is 20.7 Å². The molecule has 0 aliphatic carbocycles. The van der Waals surface area contributed by atoms with E-state index in [1.807, 2.05) is 50.2 Å². The predicted octanol–water partition coefficient (Wildman–Crippen LogP) is 1.51. The van der Waals surface area contributed by atoms with Crippen molar-refractivity contribution < 1.29 is 19.6 Å². The van der Waals surface area contributed by atoms with E-state index < -0.39 is 30.9 Å². The number of aromatic nitrogens is 2. The maximum atomic E-state index is 13.0. The molecular formula is C23H27BN4O4. The number of nitrogens with one attached hydrogen (secondary N) is 2. The Morgan fingerprint density at radius 3 is 2.28 bits per heavy atom. The second kappa shape index (κ2) is 10.8. The van der Waals surface area contributed by atoms with Gasteiger partial charge in [0, 0.05) is 6.42 Å². The minimum atomic E-state index is -1.71. The normalized spacial score (nSPS) is 12.9. The third-order valence-corrected chi connectivity index (χ3v) is 5.00. The molecule has 2 atom stereocenters. The number of hydrogen-bond donors (Lipinski definition) is 4. The molecule has 0 saturated heterocycles. The number of carbonyl (C=O) groups excluding carboxylic acids is 2. The molecule has 1 aromatic heterocycles. The maximum absolute atomic E-state index is 13.0. The van der Waals surface area contributed by atoms with Crippen molar-refractivity contribution in [2.24, 2.45) is 5.92 Å². The molecule has 9 heteroatoms. The van der Waals surface area contributed by atoms with Gasteiger partial charge in [0.2, 0.25) is 5.91 Å². The Hall–Kier alpha value is -3.30. The molecule has 0 aliphatic heterocycles. The molecule has 1 heterocycles. The van der Waals surface area contributed by atoms with Gasteiger partial charge in [-0.15, -0.1) is 0 Å². The Kier molecular flexibility index (Phi) is 7.91. The Morgan fingerprint density at radius 1 is 0.969 bits per heavy atom. The summed E-state index contributed by atoms with van der Waals surface area (Å²) in [7, 11) is -1.71. The molecule has 4 N–H and O–H groups in total. The van der Waals surface area contributed by atoms with Crippen molar-refractivity contribution >= 4 is 30.0 Å². The predicted molar refractivity (Wildman–Crippen MR) is 123 cm³/mol. The van der Waals surface area contributed by atoms with Crippen LogP contribution in [0.15, 0.2) is 60.8 Å². The number of para-hydroxylation sites is 2. The SMILES string of the molecule is CC(C)C[C@H](NC(=O)[C@H](Cc1ccccc1)NC(=O)c1cnc2ccccc2n1)B(O)O. The van der Waals surface area contributed by atoms with Crippen LogP contribution in [0.25, 0.3) is 11.0 Å². The molecule has 0 fully saturated rings. The first-order valence-electron chi connectivity index (χ1n) is 10.6. The number of benzene rings is 2. The maximum Gasteiger partial charge on any atom is 0.475 e. The molecule has 0 saturated carbocycles. The molecular weight excluding hydrogens is 407 g/mol. The molecule has 2 aromatic carbocycles. The summed E-state index contributed by atoms with van der Waals surface area (Å²) in [5.41, 5.74) is 2.18. The van der Waals surface area contributed by atoms with Gasteiger partial charge in [0.15, 0.2) is 0 Å². The fourth-order valence-corrected chi connectivity index (χ4v) is 3.40. The van der Waals surface area contributed by atoms with Gasteiger partial charge in [-0.1, -0.05) is 56.3 Å². The van der Waals surface area contributed by atoms with Gasteiger partial charge in [0.25, 0.3) is 5.91 Å². The number of amides is 2. The van der Waals surface area contributed by atoms with E-state index in [1.165, 1.54) is 6.20 Å². The number of fused-ring (bicyclic) bond motifs is 1. The van der Waals surface area contributed by atoms with Crippen molar-refractivity contribution in [1.82, 2.24) is 20.6 Å². The molecule has 8 nitrogen and oxygen atoms in total. The zero-order valence-corrected chi connectivity index (χ0v) is 18.1. The molecule has 2 amide bonds. The van der Waals surface area contributed by atoms with Crippen LogP contribution >= 0.6 is 0 Å². The lowest BCUT2D eigenvalue weighted by Crippen LogP contribution is -2.55. The molecule has 3 aromatic rings. The van der Waals surface area contributed by atoms with Crippen molar-refractivity contribution in [3.8, 4) is 0 Å². The van der Waals surface area contributed by atoms with Crippen molar-refractivity contribution in [1.29, 1.82) is 0 Å². The fourth-order valence-electron chi connectivity index (χ4n) is 3.40. The molecule has 0 radical (unpaired) electrons. The Balaban J connectivity index is 1.81. The van der Waals surface area contributed by atoms with Crippen LogP contribution in [0, 0.1) is 5.92 Å². The highest BCUT2D eigenvalue weighted by molar-refractivity contribution is 6.43. The molecule has 0 bridgehead atoms. The van der Waals surface area contributed by atoms with Crippen LogP contribution in [-0.4, -0.2) is 50.9 Å². The average Bonchev–Trinajstić information content (AvgIpc) is 2.78. The summed E-state index contributed by atoms with van der Waals surface area (Å²) in [4.78, 5) is 34.5. The Labute approximate surface area is 187 Å². The van der Waals surface area contributed by atoms with Crippen LogP contribution in [0.1, 0.15) is 36.3 Å². The summed E-state index contributed by atoms with van der Waals surface area (Å²) in [5, 5.41) is 24.7. The van der Waals surface area contributed by atoms with Crippen molar-refractivity contribution in [3.05, 3.63) is 72.1 Å². The summed E-state index contributed by atoms with van der Waals surface area (Å²) in [6.45, 7) is 3.84. The second-order valence-corrected chi connectivity index (χ2v) is 8.12. The number of carbonyl (C=O) groups is 2. The minimum absolute atomic E-state index is 0.0930. The zero-order chi connectivity index (χ0) is 23.1. The first-order valence-corrected chi connectivity index (χ1v) is 10.6. The van der Waals surface area contributed by atoms with Gasteiger partial charge in [-0.25, -0.2) is 4.98 Å². The van der Waals surface area contributed by atoms with E-state index in [2.05, 4.69) is 20.6 Å². The van der Waals surface area contributed by atoms with Gasteiger partial charge in [-0.05, 0) is 30.0 Å². The smallest absolute Gasteiger partial charge is 0.426 e. The van der Waals surface area contributed by atoms with Gasteiger partial charge in [-0.3, -0.25) is 14.6 Å². The topological polar surface area (TPSA) is 124 Å². The van der Waals surface area contributed by atoms with Gasteiger partial charge >= 0.3 is 7.12 Å². The van der Waals surface area contributed by atoms with Crippen molar-refractivity contribution in [2.45, 2.75) is 38.7 Å². The van der Waals surface area contributed by atoms with E-state index in [4.69, 9.17) is 0 Å². The van der Waals surface area contributed by atoms with E-state index >= 15 is 0 Å². The molecule has 3 rings (SSSR count). The third kappa shape index (κ3) is 6.35. The molecule has 166 valence electrons. The molecule has 0 spiro atoms. The quantitative estimate of drug-likeness (QED) is 0.379. The van der Waals surface area contributed by atoms with Crippen LogP contribution in [0.5, 0.6) is 0 Å². The lowest BCUT2D eigenvalue weighted by atomic mass is 9.75. The number of nitrogens with zero attached hydrogens (tertiary/aromatic N) is 2. The largest absolute Gasteiger partial charge is 0.475 e. The van der Waals surface area contributed by atoms with Crippen LogP contribution in [-0.2, 0) is 11.2 Å². The summed E-state index contributed by atoms with van der Waals surface area (Å²) >= 11 is 0. The second-order valence-electron chi connectivity index (χ2n) is 8.12. The van der Waals surface area contributed by atoms with E-state index in [1.54, 1.807) is 18.2 Å². The van der Waals surface area contributed by atoms with E-state index in [-0.39, 0.29) is 18.0 Å². The van der Waals surface area contributed by atoms with Crippen molar-refractivity contribution in [3.63, 3.8) is 0 Å². The summed E-state index contributed by atoms with van der Waals surface area (Å²) < 4.78 is 0. The number of rotatable bonds is 9. The highest BCUT2D eigenvalue weighted by atomic mass is 16.4. The first-order chi connectivity index (χ1) is 15.3. The minimum Gasteiger partial charge on any atom is -0.426 e. The third-order valence-electron chi connectivity index (χ3n) is 5.00. The van der Waals surface area contributed by atoms with E-state index in [0.717, 1.165) is 5.56 Å². The first kappa shape index (κ1) is 23.4. The standard InChI is InChI=1S/C23H27BN4O4/c1-15(2)12-21(24(31)32)28-22(29)19(13-16-8-4-3-5-9-16)27-23(30)20-14-25-17-10-6-7-11-18(17)26-20/h3-11,14-15,19,21,31-32H,12-13H2,1-2H3,(H,27,30)(H,28,29)/t19-,21-/m0/s1.